The third-order valence-corrected chi connectivity index (χ3v) is 4.83. The van der Waals surface area contributed by atoms with Crippen molar-refractivity contribution >= 4 is 0 Å². The molecule has 29 heavy (non-hydrogen) atoms. The van der Waals surface area contributed by atoms with Crippen molar-refractivity contribution in [2.24, 2.45) is 0 Å². The lowest BCUT2D eigenvalue weighted by Gasteiger charge is -2.41. The second-order valence-corrected chi connectivity index (χ2v) is 7.69. The number of nitrogens with zero attached hydrogens (tertiary/aromatic N) is 1. The number of ether oxygens (including phenoxy) is 4. The van der Waals surface area contributed by atoms with Gasteiger partial charge in [0.2, 0.25) is 0 Å². The number of hydrogen-bond acceptors (Lipinski definition) is 5. The Bertz CT molecular complexity index is 772. The van der Waals surface area contributed by atoms with Crippen LogP contribution in [0.15, 0.2) is 60.7 Å². The van der Waals surface area contributed by atoms with Crippen LogP contribution in [0.1, 0.15) is 37.8 Å². The third-order valence-electron chi connectivity index (χ3n) is 4.83. The van der Waals surface area contributed by atoms with Crippen molar-refractivity contribution in [2.45, 2.75) is 64.0 Å². The maximum Gasteiger partial charge on any atom is 0.165 e. The van der Waals surface area contributed by atoms with Gasteiger partial charge in [-0.25, -0.2) is 0 Å². The summed E-state index contributed by atoms with van der Waals surface area (Å²) in [7, 11) is 0. The van der Waals surface area contributed by atoms with Crippen molar-refractivity contribution < 1.29 is 18.9 Å². The summed E-state index contributed by atoms with van der Waals surface area (Å²) in [5, 5.41) is 9.37. The molecule has 1 unspecified atom stereocenters. The Morgan fingerprint density at radius 2 is 1.62 bits per heavy atom. The van der Waals surface area contributed by atoms with Crippen LogP contribution in [-0.4, -0.2) is 30.7 Å². The molecule has 0 radical (unpaired) electrons. The van der Waals surface area contributed by atoms with E-state index in [2.05, 4.69) is 6.07 Å². The van der Waals surface area contributed by atoms with E-state index in [1.54, 1.807) is 0 Å². The molecule has 2 aromatic carbocycles. The van der Waals surface area contributed by atoms with Crippen molar-refractivity contribution in [1.29, 1.82) is 5.26 Å². The van der Waals surface area contributed by atoms with E-state index < -0.39 is 11.9 Å². The summed E-state index contributed by atoms with van der Waals surface area (Å²) in [6.45, 7) is 5.27. The van der Waals surface area contributed by atoms with Gasteiger partial charge in [-0.05, 0) is 31.4 Å². The normalized spacial score (nSPS) is 22.0. The summed E-state index contributed by atoms with van der Waals surface area (Å²) >= 11 is 0. The average molecular weight is 395 g/mol. The summed E-state index contributed by atoms with van der Waals surface area (Å²) < 4.78 is 23.9. The largest absolute Gasteiger partial charge is 0.377 e. The predicted octanol–water partition coefficient (Wildman–Crippen LogP) is 4.61. The van der Waals surface area contributed by atoms with Gasteiger partial charge in [0.15, 0.2) is 5.79 Å². The first kappa shape index (κ1) is 21.5. The Labute approximate surface area is 173 Å². The third kappa shape index (κ3) is 6.95. The first-order valence-corrected chi connectivity index (χ1v) is 10.1. The monoisotopic (exact) mass is 395 g/mol. The minimum absolute atomic E-state index is 0.190. The second-order valence-electron chi connectivity index (χ2n) is 7.69. The highest BCUT2D eigenvalue weighted by Crippen LogP contribution is 2.30. The average Bonchev–Trinajstić information content (AvgIpc) is 2.73. The zero-order chi connectivity index (χ0) is 20.5. The zero-order valence-electron chi connectivity index (χ0n) is 17.1. The topological polar surface area (TPSA) is 60.7 Å². The van der Waals surface area contributed by atoms with Crippen LogP contribution in [0.5, 0.6) is 0 Å². The van der Waals surface area contributed by atoms with E-state index >= 15 is 0 Å². The van der Waals surface area contributed by atoms with Crippen LogP contribution < -0.4 is 0 Å². The van der Waals surface area contributed by atoms with Crippen LogP contribution in [0.25, 0.3) is 0 Å². The van der Waals surface area contributed by atoms with Gasteiger partial charge in [-0.15, -0.1) is 0 Å². The molecule has 0 bridgehead atoms. The first-order valence-electron chi connectivity index (χ1n) is 10.1. The summed E-state index contributed by atoms with van der Waals surface area (Å²) in [6, 6.07) is 22.4. The Morgan fingerprint density at radius 3 is 2.24 bits per heavy atom. The smallest absolute Gasteiger partial charge is 0.165 e. The fourth-order valence-electron chi connectivity index (χ4n) is 3.47. The van der Waals surface area contributed by atoms with Gasteiger partial charge in [0.25, 0.3) is 0 Å². The van der Waals surface area contributed by atoms with E-state index in [1.807, 2.05) is 74.5 Å². The number of nitriles is 1. The van der Waals surface area contributed by atoms with Crippen LogP contribution in [-0.2, 0) is 32.2 Å². The van der Waals surface area contributed by atoms with Crippen LogP contribution in [0, 0.1) is 11.3 Å². The molecular weight excluding hydrogens is 366 g/mol. The summed E-state index contributed by atoms with van der Waals surface area (Å²) in [6.07, 6.45) is 0.241. The molecule has 5 nitrogen and oxygen atoms in total. The summed E-state index contributed by atoms with van der Waals surface area (Å²) in [4.78, 5) is 0. The molecule has 0 N–H and O–H groups in total. The van der Waals surface area contributed by atoms with Crippen LogP contribution in [0.3, 0.4) is 0 Å². The molecule has 3 rings (SSSR count). The SMILES string of the molecule is CC1(C)OC(C#N)C[C@H]([C@@H](CCOCc2ccccc2)OCc2ccccc2)O1. The van der Waals surface area contributed by atoms with Gasteiger partial charge in [0.05, 0.1) is 31.5 Å². The van der Waals surface area contributed by atoms with Gasteiger partial charge >= 0.3 is 0 Å². The standard InChI is InChI=1S/C24H29NO4/c1-24(2)28-21(16-25)15-23(29-24)22(27-18-20-11-7-4-8-12-20)13-14-26-17-19-9-5-3-6-10-19/h3-12,21-23H,13-15,17-18H2,1-2H3/t21?,22-,23-/m1/s1. The van der Waals surface area contributed by atoms with Gasteiger partial charge in [0, 0.05) is 13.0 Å². The number of benzene rings is 2. The van der Waals surface area contributed by atoms with Crippen LogP contribution in [0.2, 0.25) is 0 Å². The molecule has 1 fully saturated rings. The number of hydrogen-bond donors (Lipinski definition) is 0. The second kappa shape index (κ2) is 10.5. The van der Waals surface area contributed by atoms with Crippen molar-refractivity contribution in [1.82, 2.24) is 0 Å². The van der Waals surface area contributed by atoms with Gasteiger partial charge in [-0.3, -0.25) is 0 Å². The van der Waals surface area contributed by atoms with Crippen LogP contribution >= 0.6 is 0 Å². The van der Waals surface area contributed by atoms with Gasteiger partial charge in [-0.2, -0.15) is 5.26 Å². The highest BCUT2D eigenvalue weighted by molar-refractivity contribution is 5.14. The van der Waals surface area contributed by atoms with E-state index in [1.165, 1.54) is 0 Å². The van der Waals surface area contributed by atoms with E-state index in [0.717, 1.165) is 11.1 Å². The first-order chi connectivity index (χ1) is 14.1. The molecule has 2 aromatic rings. The molecule has 0 aromatic heterocycles. The molecule has 154 valence electrons. The molecule has 3 atom stereocenters. The van der Waals surface area contributed by atoms with E-state index in [9.17, 15) is 5.26 Å². The molecule has 1 aliphatic rings. The lowest BCUT2D eigenvalue weighted by molar-refractivity contribution is -0.307. The van der Waals surface area contributed by atoms with E-state index in [0.29, 0.717) is 32.7 Å². The van der Waals surface area contributed by atoms with Crippen molar-refractivity contribution in [3.05, 3.63) is 71.8 Å². The Balaban J connectivity index is 1.60. The van der Waals surface area contributed by atoms with E-state index in [-0.39, 0.29) is 12.2 Å². The fourth-order valence-corrected chi connectivity index (χ4v) is 3.47. The van der Waals surface area contributed by atoms with Crippen molar-refractivity contribution in [2.75, 3.05) is 6.61 Å². The Kier molecular flexibility index (Phi) is 7.79. The molecule has 1 heterocycles. The molecule has 1 saturated heterocycles. The fraction of sp³-hybridized carbons (Fsp3) is 0.458. The van der Waals surface area contributed by atoms with Gasteiger partial charge < -0.3 is 18.9 Å². The maximum atomic E-state index is 9.37. The lowest BCUT2D eigenvalue weighted by Crippen LogP contribution is -2.49. The molecule has 0 aliphatic carbocycles. The maximum absolute atomic E-state index is 9.37. The zero-order valence-corrected chi connectivity index (χ0v) is 17.1. The molecule has 1 aliphatic heterocycles. The molecule has 0 saturated carbocycles. The summed E-state index contributed by atoms with van der Waals surface area (Å²) in [5.74, 6) is -0.817. The number of rotatable bonds is 9. The summed E-state index contributed by atoms with van der Waals surface area (Å²) in [5.41, 5.74) is 2.24. The molecular formula is C24H29NO4. The highest BCUT2D eigenvalue weighted by Gasteiger charge is 2.39. The minimum Gasteiger partial charge on any atom is -0.377 e. The minimum atomic E-state index is -0.817. The molecule has 0 spiro atoms. The van der Waals surface area contributed by atoms with Crippen molar-refractivity contribution in [3.8, 4) is 6.07 Å². The van der Waals surface area contributed by atoms with Gasteiger partial charge in [0.1, 0.15) is 6.10 Å². The quantitative estimate of drug-likeness (QED) is 0.580. The predicted molar refractivity (Wildman–Crippen MR) is 110 cm³/mol. The van der Waals surface area contributed by atoms with E-state index in [4.69, 9.17) is 18.9 Å². The van der Waals surface area contributed by atoms with Gasteiger partial charge in [-0.1, -0.05) is 60.7 Å². The Morgan fingerprint density at radius 1 is 1.00 bits per heavy atom. The lowest BCUT2D eigenvalue weighted by atomic mass is 10.0. The van der Waals surface area contributed by atoms with Crippen LogP contribution in [0.4, 0.5) is 0 Å². The molecule has 5 heteroatoms. The highest BCUT2D eigenvalue weighted by atomic mass is 16.7. The molecule has 0 amide bonds. The van der Waals surface area contributed by atoms with Crippen molar-refractivity contribution in [3.63, 3.8) is 0 Å². The Hall–Kier alpha value is -2.23.